The molecule has 0 saturated carbocycles. The van der Waals surface area contributed by atoms with E-state index in [0.29, 0.717) is 11.3 Å². The molecule has 116 valence electrons. The maximum atomic E-state index is 12.2. The fourth-order valence-corrected chi connectivity index (χ4v) is 2.31. The van der Waals surface area contributed by atoms with Gasteiger partial charge in [0.25, 0.3) is 5.56 Å². The van der Waals surface area contributed by atoms with Crippen LogP contribution in [0.2, 0.25) is 0 Å². The second kappa shape index (κ2) is 6.27. The van der Waals surface area contributed by atoms with Crippen molar-refractivity contribution < 1.29 is 4.74 Å². The molecule has 0 bridgehead atoms. The Balaban J connectivity index is 2.04. The van der Waals surface area contributed by atoms with Gasteiger partial charge < -0.3 is 9.72 Å². The van der Waals surface area contributed by atoms with Crippen molar-refractivity contribution in [3.8, 4) is 28.4 Å². The summed E-state index contributed by atoms with van der Waals surface area (Å²) in [6, 6.07) is 9.21. The van der Waals surface area contributed by atoms with Crippen LogP contribution in [0.25, 0.3) is 28.7 Å². The van der Waals surface area contributed by atoms with Gasteiger partial charge >= 0.3 is 0 Å². The average Bonchev–Trinajstić information content (AvgIpc) is 3.09. The molecule has 23 heavy (non-hydrogen) atoms. The van der Waals surface area contributed by atoms with Crippen LogP contribution in [0.4, 0.5) is 0 Å². The molecule has 2 N–H and O–H groups in total. The summed E-state index contributed by atoms with van der Waals surface area (Å²) in [6.07, 6.45) is 3.89. The van der Waals surface area contributed by atoms with E-state index in [-0.39, 0.29) is 11.4 Å². The Hall–Kier alpha value is -3.22. The van der Waals surface area contributed by atoms with E-state index >= 15 is 0 Å². The van der Waals surface area contributed by atoms with Crippen molar-refractivity contribution >= 4 is 6.08 Å². The van der Waals surface area contributed by atoms with Crippen LogP contribution in [-0.2, 0) is 0 Å². The summed E-state index contributed by atoms with van der Waals surface area (Å²) in [4.78, 5) is 15.1. The van der Waals surface area contributed by atoms with E-state index in [1.54, 1.807) is 13.2 Å². The van der Waals surface area contributed by atoms with Crippen LogP contribution in [0.3, 0.4) is 0 Å². The zero-order chi connectivity index (χ0) is 16.2. The van der Waals surface area contributed by atoms with Crippen LogP contribution in [0.15, 0.2) is 41.2 Å². The van der Waals surface area contributed by atoms with E-state index in [9.17, 15) is 4.79 Å². The van der Waals surface area contributed by atoms with Gasteiger partial charge in [-0.05, 0) is 48.0 Å². The van der Waals surface area contributed by atoms with Crippen molar-refractivity contribution in [1.82, 2.24) is 25.6 Å². The van der Waals surface area contributed by atoms with E-state index in [1.165, 1.54) is 0 Å². The number of benzene rings is 1. The molecule has 0 saturated heterocycles. The second-order valence-corrected chi connectivity index (χ2v) is 4.81. The lowest BCUT2D eigenvalue weighted by molar-refractivity contribution is 0.414. The summed E-state index contributed by atoms with van der Waals surface area (Å²) in [5.74, 6) is 1.04. The minimum Gasteiger partial charge on any atom is -0.496 e. The normalized spacial score (nSPS) is 11.0. The van der Waals surface area contributed by atoms with Gasteiger partial charge in [-0.25, -0.2) is 0 Å². The van der Waals surface area contributed by atoms with Crippen LogP contribution in [0, 0.1) is 0 Å². The van der Waals surface area contributed by atoms with Gasteiger partial charge in [-0.15, -0.1) is 10.2 Å². The highest BCUT2D eigenvalue weighted by molar-refractivity contribution is 5.69. The number of aromatic nitrogens is 5. The van der Waals surface area contributed by atoms with Gasteiger partial charge in [0.15, 0.2) is 0 Å². The summed E-state index contributed by atoms with van der Waals surface area (Å²) in [7, 11) is 1.63. The number of nitrogens with zero attached hydrogens (tertiary/aromatic N) is 3. The molecular weight excluding hydrogens is 294 g/mol. The maximum absolute atomic E-state index is 12.2. The molecule has 0 unspecified atom stereocenters. The number of pyridine rings is 1. The lowest BCUT2D eigenvalue weighted by Gasteiger charge is -2.08. The molecule has 0 aliphatic carbocycles. The molecule has 3 rings (SSSR count). The third-order valence-corrected chi connectivity index (χ3v) is 3.38. The Kier molecular flexibility index (Phi) is 4.01. The molecule has 3 aromatic rings. The fourth-order valence-electron chi connectivity index (χ4n) is 2.31. The lowest BCUT2D eigenvalue weighted by atomic mass is 10.1. The quantitative estimate of drug-likeness (QED) is 0.770. The smallest absolute Gasteiger partial charge is 0.259 e. The van der Waals surface area contributed by atoms with E-state index in [1.807, 2.05) is 43.3 Å². The van der Waals surface area contributed by atoms with Crippen LogP contribution < -0.4 is 10.3 Å². The van der Waals surface area contributed by atoms with Crippen molar-refractivity contribution in [1.29, 1.82) is 0 Å². The van der Waals surface area contributed by atoms with Gasteiger partial charge in [-0.3, -0.25) is 4.79 Å². The molecule has 0 aliphatic heterocycles. The van der Waals surface area contributed by atoms with Crippen molar-refractivity contribution in [2.24, 2.45) is 0 Å². The summed E-state index contributed by atoms with van der Waals surface area (Å²) in [5, 5.41) is 13.4. The molecule has 1 aromatic carbocycles. The zero-order valence-electron chi connectivity index (χ0n) is 12.7. The topological polar surface area (TPSA) is 96.5 Å². The first-order valence-electron chi connectivity index (χ1n) is 7.01. The lowest BCUT2D eigenvalue weighted by Crippen LogP contribution is -2.10. The molecule has 7 nitrogen and oxygen atoms in total. The molecule has 2 heterocycles. The second-order valence-electron chi connectivity index (χ2n) is 4.81. The van der Waals surface area contributed by atoms with E-state index in [2.05, 4.69) is 25.6 Å². The maximum Gasteiger partial charge on any atom is 0.259 e. The predicted molar refractivity (Wildman–Crippen MR) is 86.9 cm³/mol. The van der Waals surface area contributed by atoms with Gasteiger partial charge in [-0.1, -0.05) is 12.2 Å². The SMILES string of the molecule is C/C=C/c1cc(-c2ccc(-c3nn[nH]n3)c(=O)[nH]2)ccc1OC. The van der Waals surface area contributed by atoms with Crippen LogP contribution >= 0.6 is 0 Å². The number of rotatable bonds is 4. The summed E-state index contributed by atoms with van der Waals surface area (Å²) >= 11 is 0. The number of nitrogens with one attached hydrogen (secondary N) is 2. The number of aromatic amines is 2. The Labute approximate surface area is 132 Å². The highest BCUT2D eigenvalue weighted by Crippen LogP contribution is 2.26. The molecule has 0 atom stereocenters. The number of tetrazole rings is 1. The van der Waals surface area contributed by atoms with Gasteiger partial charge in [0.2, 0.25) is 5.82 Å². The standard InChI is InChI=1S/C16H15N5O2/c1-3-4-11-9-10(5-8-14(11)23-2)13-7-6-12(16(22)17-13)15-18-20-21-19-15/h3-9H,1-2H3,(H,17,22)(H,18,19,20,21)/b4-3+. The summed E-state index contributed by atoms with van der Waals surface area (Å²) in [6.45, 7) is 1.94. The highest BCUT2D eigenvalue weighted by atomic mass is 16.5. The third-order valence-electron chi connectivity index (χ3n) is 3.38. The molecule has 0 radical (unpaired) electrons. The number of ether oxygens (including phenoxy) is 1. The number of hydrogen-bond donors (Lipinski definition) is 2. The Morgan fingerprint density at radius 1 is 1.22 bits per heavy atom. The molecule has 0 spiro atoms. The van der Waals surface area contributed by atoms with Gasteiger partial charge in [-0.2, -0.15) is 5.21 Å². The Morgan fingerprint density at radius 2 is 2.09 bits per heavy atom. The first-order chi connectivity index (χ1) is 11.2. The molecule has 0 fully saturated rings. The summed E-state index contributed by atoms with van der Waals surface area (Å²) in [5.41, 5.74) is 2.62. The van der Waals surface area contributed by atoms with Crippen LogP contribution in [0.1, 0.15) is 12.5 Å². The van der Waals surface area contributed by atoms with Crippen LogP contribution in [0.5, 0.6) is 5.75 Å². The van der Waals surface area contributed by atoms with Gasteiger partial charge in [0.1, 0.15) is 5.75 Å². The largest absolute Gasteiger partial charge is 0.496 e. The highest BCUT2D eigenvalue weighted by Gasteiger charge is 2.10. The predicted octanol–water partition coefficient (Wildman–Crippen LogP) is 2.26. The fraction of sp³-hybridized carbons (Fsp3) is 0.125. The molecule has 2 aromatic heterocycles. The minimum absolute atomic E-state index is 0.266. The number of H-pyrrole nitrogens is 2. The molecule has 0 aliphatic rings. The van der Waals surface area contributed by atoms with Crippen molar-refractivity contribution in [2.75, 3.05) is 7.11 Å². The number of allylic oxidation sites excluding steroid dienone is 1. The Morgan fingerprint density at radius 3 is 2.74 bits per heavy atom. The molecular formula is C16H15N5O2. The van der Waals surface area contributed by atoms with Gasteiger partial charge in [0.05, 0.1) is 12.7 Å². The van der Waals surface area contributed by atoms with E-state index in [4.69, 9.17) is 4.74 Å². The number of hydrogen-bond acceptors (Lipinski definition) is 5. The first-order valence-corrected chi connectivity index (χ1v) is 7.01. The average molecular weight is 309 g/mol. The van der Waals surface area contributed by atoms with Crippen molar-refractivity contribution in [2.45, 2.75) is 6.92 Å². The van der Waals surface area contributed by atoms with Gasteiger partial charge in [0, 0.05) is 11.3 Å². The molecule has 7 heteroatoms. The minimum atomic E-state index is -0.271. The Bertz CT molecular complexity index is 897. The monoisotopic (exact) mass is 309 g/mol. The van der Waals surface area contributed by atoms with Crippen molar-refractivity contribution in [3.63, 3.8) is 0 Å². The third kappa shape index (κ3) is 2.89. The molecule has 0 amide bonds. The van der Waals surface area contributed by atoms with E-state index < -0.39 is 0 Å². The van der Waals surface area contributed by atoms with Crippen molar-refractivity contribution in [3.05, 3.63) is 52.3 Å². The summed E-state index contributed by atoms with van der Waals surface area (Å²) < 4.78 is 5.33. The number of methoxy groups -OCH3 is 1. The zero-order valence-corrected chi connectivity index (χ0v) is 12.7. The van der Waals surface area contributed by atoms with Crippen LogP contribution in [-0.4, -0.2) is 32.7 Å². The van der Waals surface area contributed by atoms with E-state index in [0.717, 1.165) is 16.9 Å². The first kappa shape index (κ1) is 14.7.